The number of carboxylic acids is 1. The molecule has 0 radical (unpaired) electrons. The van der Waals surface area contributed by atoms with Crippen molar-refractivity contribution < 1.29 is 42.9 Å². The Labute approximate surface area is 646 Å². The van der Waals surface area contributed by atoms with E-state index in [0.717, 1.165) is 141 Å². The molecule has 0 saturated carbocycles. The number of hydrogen-bond acceptors (Lipinski definition) is 8. The van der Waals surface area contributed by atoms with E-state index in [-0.39, 0.29) is 38.6 Å². The average molecular weight is 1450 g/mol. The summed E-state index contributed by atoms with van der Waals surface area (Å²) in [6, 6.07) is 0. The number of quaternary nitrogens is 1. The van der Waals surface area contributed by atoms with Gasteiger partial charge in [0.1, 0.15) is 13.2 Å². The number of carboxylic acid groups (broad SMARTS) is 1. The van der Waals surface area contributed by atoms with E-state index in [0.29, 0.717) is 17.4 Å². The summed E-state index contributed by atoms with van der Waals surface area (Å²) in [6.45, 7) is 4.53. The molecular formula is C96H157NO8. The number of carbonyl (C=O) groups excluding carboxylic acids is 3. The van der Waals surface area contributed by atoms with E-state index in [1.165, 1.54) is 161 Å². The first-order valence-electron chi connectivity index (χ1n) is 42.6. The van der Waals surface area contributed by atoms with Gasteiger partial charge in [-0.3, -0.25) is 9.59 Å². The molecule has 0 rings (SSSR count). The van der Waals surface area contributed by atoms with Crippen LogP contribution in [0.5, 0.6) is 0 Å². The van der Waals surface area contributed by atoms with E-state index in [9.17, 15) is 19.5 Å². The van der Waals surface area contributed by atoms with E-state index < -0.39 is 24.3 Å². The molecule has 2 unspecified atom stereocenters. The van der Waals surface area contributed by atoms with Gasteiger partial charge in [-0.1, -0.05) is 375 Å². The fourth-order valence-corrected chi connectivity index (χ4v) is 11.5. The number of unbranched alkanes of at least 4 members (excludes halogenated alkanes) is 30. The van der Waals surface area contributed by atoms with Crippen LogP contribution < -0.4 is 5.11 Å². The first kappa shape index (κ1) is 99.1. The number of rotatable bonds is 77. The summed E-state index contributed by atoms with van der Waals surface area (Å²) in [5.74, 6) is -2.28. The Morgan fingerprint density at radius 3 is 0.762 bits per heavy atom. The van der Waals surface area contributed by atoms with E-state index in [1.807, 2.05) is 21.1 Å². The van der Waals surface area contributed by atoms with Gasteiger partial charge in [-0.2, -0.15) is 0 Å². The van der Waals surface area contributed by atoms with E-state index in [2.05, 4.69) is 208 Å². The first-order valence-corrected chi connectivity index (χ1v) is 42.6. The highest BCUT2D eigenvalue weighted by Gasteiger charge is 2.22. The molecule has 0 amide bonds. The number of ether oxygens (including phenoxy) is 4. The minimum atomic E-state index is -1.63. The van der Waals surface area contributed by atoms with Crippen LogP contribution in [-0.4, -0.2) is 82.3 Å². The molecule has 0 bridgehead atoms. The largest absolute Gasteiger partial charge is 0.545 e. The number of carbonyl (C=O) groups is 3. The fraction of sp³-hybridized carbons (Fsp3) is 0.635. The predicted octanol–water partition coefficient (Wildman–Crippen LogP) is 26.7. The zero-order valence-electron chi connectivity index (χ0n) is 68.0. The standard InChI is InChI=1S/C96H157NO8/c1-6-8-10-12-14-16-18-20-22-24-26-28-30-32-34-36-38-40-42-44-46-47-49-51-53-55-57-59-61-63-65-67-69-71-73-75-77-79-81-83-85-87-94(99)105-92(91-104-96(95(100)101)102-89-88-97(3,4)5)90-103-93(98)86-84-82-80-78-76-74-72-70-68-66-64-62-60-58-56-54-52-50-48-45-43-41-39-37-35-33-31-29-27-25-23-21-19-17-15-13-11-9-7-2/h8-11,14-17,20-23,26-29,32-35,38-41,44-46,48-49,51,55,57,92,96H,6-7,12-13,18-19,24-25,30-31,36-37,42-43,47,50,52-54,56,58-91H2,1-5H3/b10-8-,11-9-,16-14-,17-15-,22-20-,23-21-,28-26-,29-27-,34-32-,35-33-,40-38-,41-39-,46-44-,48-45-,51-49-,57-55-. The molecule has 0 aromatic heterocycles. The zero-order chi connectivity index (χ0) is 76.0. The van der Waals surface area contributed by atoms with Gasteiger partial charge in [-0.15, -0.1) is 0 Å². The lowest BCUT2D eigenvalue weighted by molar-refractivity contribution is -0.870. The van der Waals surface area contributed by atoms with Crippen molar-refractivity contribution in [3.63, 3.8) is 0 Å². The average Bonchev–Trinajstić information content (AvgIpc) is 1.18. The third kappa shape index (κ3) is 85.3. The lowest BCUT2D eigenvalue weighted by Crippen LogP contribution is -2.44. The third-order valence-corrected chi connectivity index (χ3v) is 17.8. The van der Waals surface area contributed by atoms with Gasteiger partial charge >= 0.3 is 11.9 Å². The van der Waals surface area contributed by atoms with Crippen LogP contribution in [0, 0.1) is 0 Å². The summed E-state index contributed by atoms with van der Waals surface area (Å²) < 4.78 is 22.9. The minimum absolute atomic E-state index is 0.141. The van der Waals surface area contributed by atoms with Crippen LogP contribution in [0.25, 0.3) is 0 Å². The number of hydrogen-bond donors (Lipinski definition) is 0. The van der Waals surface area contributed by atoms with Crippen molar-refractivity contribution in [2.45, 2.75) is 347 Å². The maximum Gasteiger partial charge on any atom is 0.306 e. The number of esters is 2. The summed E-state index contributed by atoms with van der Waals surface area (Å²) >= 11 is 0. The molecule has 9 heteroatoms. The molecule has 0 spiro atoms. The summed E-state index contributed by atoms with van der Waals surface area (Å²) in [5, 5.41) is 11.9. The van der Waals surface area contributed by atoms with Crippen LogP contribution in [-0.2, 0) is 33.3 Å². The Morgan fingerprint density at radius 2 is 0.514 bits per heavy atom. The number of likely N-dealkylation sites (N-methyl/N-ethyl adjacent to an activating group) is 1. The Bertz CT molecular complexity index is 2450. The lowest BCUT2D eigenvalue weighted by atomic mass is 10.0. The fourth-order valence-electron chi connectivity index (χ4n) is 11.5. The number of allylic oxidation sites excluding steroid dienone is 32. The number of aliphatic carboxylic acids is 1. The normalized spacial score (nSPS) is 13.6. The second-order valence-corrected chi connectivity index (χ2v) is 29.0. The van der Waals surface area contributed by atoms with Crippen LogP contribution in [0.15, 0.2) is 194 Å². The minimum Gasteiger partial charge on any atom is -0.545 e. The molecule has 2 atom stereocenters. The van der Waals surface area contributed by atoms with Crippen molar-refractivity contribution in [3.8, 4) is 0 Å². The van der Waals surface area contributed by atoms with Crippen molar-refractivity contribution in [2.75, 3.05) is 47.5 Å². The summed E-state index contributed by atoms with van der Waals surface area (Å²) in [5.41, 5.74) is 0. The molecule has 0 aromatic carbocycles. The monoisotopic (exact) mass is 1450 g/mol. The van der Waals surface area contributed by atoms with Gasteiger partial charge in [0.2, 0.25) is 0 Å². The van der Waals surface area contributed by atoms with Crippen LogP contribution in [0.2, 0.25) is 0 Å². The lowest BCUT2D eigenvalue weighted by Gasteiger charge is -2.26. The van der Waals surface area contributed by atoms with Gasteiger partial charge in [0.05, 0.1) is 40.3 Å². The SMILES string of the molecule is CC/C=C\C/C=C\C/C=C\C/C=C\C/C=C\C/C=C\C/C=C\C/C=C\C/C=C\CCCCCCCCCCCCCCCC(=O)OC(COC(=O)CCCCCCCCCCCCCCCCCCC/C=C\C/C=C\C/C=C\C/C=C\C/C=C\C/C=C\C/C=C\CC)COC(OCC[N+](C)(C)C)C(=O)[O-]. The Kier molecular flexibility index (Phi) is 79.1. The van der Waals surface area contributed by atoms with Gasteiger partial charge in [0, 0.05) is 12.8 Å². The van der Waals surface area contributed by atoms with Gasteiger partial charge in [0.25, 0.3) is 0 Å². The van der Waals surface area contributed by atoms with Crippen LogP contribution in [0.4, 0.5) is 0 Å². The van der Waals surface area contributed by atoms with Crippen molar-refractivity contribution in [2.24, 2.45) is 0 Å². The smallest absolute Gasteiger partial charge is 0.306 e. The van der Waals surface area contributed by atoms with Gasteiger partial charge in [-0.05, 0) is 141 Å². The second-order valence-electron chi connectivity index (χ2n) is 29.0. The maximum absolute atomic E-state index is 13.0. The van der Waals surface area contributed by atoms with E-state index >= 15 is 0 Å². The Balaban J connectivity index is 4.05. The molecule has 105 heavy (non-hydrogen) atoms. The quantitative estimate of drug-likeness (QED) is 0.0195. The molecule has 9 nitrogen and oxygen atoms in total. The number of nitrogens with zero attached hydrogens (tertiary/aromatic N) is 1. The topological polar surface area (TPSA) is 111 Å². The molecule has 0 aliphatic rings. The molecule has 0 aromatic rings. The van der Waals surface area contributed by atoms with E-state index in [1.54, 1.807) is 0 Å². The van der Waals surface area contributed by atoms with Gasteiger partial charge < -0.3 is 33.3 Å². The van der Waals surface area contributed by atoms with Crippen LogP contribution >= 0.6 is 0 Å². The molecule has 0 aliphatic heterocycles. The molecule has 594 valence electrons. The van der Waals surface area contributed by atoms with Crippen molar-refractivity contribution >= 4 is 17.9 Å². The maximum atomic E-state index is 13.0. The first-order chi connectivity index (χ1) is 51.6. The summed E-state index contributed by atoms with van der Waals surface area (Å²) in [7, 11) is 5.94. The van der Waals surface area contributed by atoms with Gasteiger partial charge in [-0.25, -0.2) is 0 Å². The highest BCUT2D eigenvalue weighted by molar-refractivity contribution is 5.70. The molecule has 0 fully saturated rings. The molecule has 0 heterocycles. The molecular weight excluding hydrogens is 1300 g/mol. The third-order valence-electron chi connectivity index (χ3n) is 17.8. The van der Waals surface area contributed by atoms with Crippen molar-refractivity contribution in [1.82, 2.24) is 0 Å². The highest BCUT2D eigenvalue weighted by atomic mass is 16.7. The molecule has 0 aliphatic carbocycles. The Hall–Kier alpha value is -5.87. The second kappa shape index (κ2) is 83.8. The highest BCUT2D eigenvalue weighted by Crippen LogP contribution is 2.18. The van der Waals surface area contributed by atoms with Gasteiger partial charge in [0.15, 0.2) is 12.4 Å². The summed E-state index contributed by atoms with van der Waals surface area (Å²) in [4.78, 5) is 37.7. The van der Waals surface area contributed by atoms with Crippen LogP contribution in [0.3, 0.4) is 0 Å². The van der Waals surface area contributed by atoms with Crippen LogP contribution in [0.1, 0.15) is 335 Å². The van der Waals surface area contributed by atoms with E-state index in [4.69, 9.17) is 18.9 Å². The van der Waals surface area contributed by atoms with Crippen molar-refractivity contribution in [1.29, 1.82) is 0 Å². The summed E-state index contributed by atoms with van der Waals surface area (Å²) in [6.07, 6.45) is 126. The molecule has 0 saturated heterocycles. The predicted molar refractivity (Wildman–Crippen MR) is 453 cm³/mol. The van der Waals surface area contributed by atoms with Crippen molar-refractivity contribution in [3.05, 3.63) is 194 Å². The Morgan fingerprint density at radius 1 is 0.286 bits per heavy atom. The zero-order valence-corrected chi connectivity index (χ0v) is 68.0. The molecule has 0 N–H and O–H groups in total.